The van der Waals surface area contributed by atoms with Crippen LogP contribution in [0.4, 0.5) is 11.5 Å². The zero-order chi connectivity index (χ0) is 20.2. The molecular formula is C23H24N4O2. The third kappa shape index (κ3) is 3.92. The average molecular weight is 388 g/mol. The van der Waals surface area contributed by atoms with E-state index in [-0.39, 0.29) is 11.9 Å². The minimum absolute atomic E-state index is 0.111. The fraction of sp³-hybridized carbons (Fsp3) is 0.261. The number of para-hydroxylation sites is 2. The number of nitrogens with zero attached hydrogens (tertiary/aromatic N) is 3. The first-order valence-electron chi connectivity index (χ1n) is 9.76. The Morgan fingerprint density at radius 3 is 2.72 bits per heavy atom. The number of fused-ring (bicyclic) bond motifs is 1. The molecule has 1 atom stereocenters. The molecule has 0 bridgehead atoms. The molecule has 1 aromatic heterocycles. The Hall–Kier alpha value is -3.41. The summed E-state index contributed by atoms with van der Waals surface area (Å²) < 4.78 is 5.37. The molecule has 0 radical (unpaired) electrons. The number of hydrogen-bond acceptors (Lipinski definition) is 5. The van der Waals surface area contributed by atoms with E-state index < -0.39 is 0 Å². The van der Waals surface area contributed by atoms with Crippen LogP contribution in [0.3, 0.4) is 0 Å². The first-order chi connectivity index (χ1) is 14.2. The first-order valence-corrected chi connectivity index (χ1v) is 9.76. The maximum atomic E-state index is 13.0. The van der Waals surface area contributed by atoms with Crippen LogP contribution in [-0.2, 0) is 12.8 Å². The Kier molecular flexibility index (Phi) is 5.42. The Morgan fingerprint density at radius 2 is 1.93 bits per heavy atom. The molecule has 3 aromatic rings. The number of benzene rings is 2. The van der Waals surface area contributed by atoms with Crippen molar-refractivity contribution in [1.29, 1.82) is 0 Å². The summed E-state index contributed by atoms with van der Waals surface area (Å²) in [5.41, 5.74) is 3.63. The normalized spacial score (nSPS) is 15.1. The lowest BCUT2D eigenvalue weighted by molar-refractivity contribution is 0.0976. The summed E-state index contributed by atoms with van der Waals surface area (Å²) in [5.74, 6) is 1.41. The van der Waals surface area contributed by atoms with Crippen molar-refractivity contribution in [2.24, 2.45) is 0 Å². The van der Waals surface area contributed by atoms with Gasteiger partial charge in [0.15, 0.2) is 0 Å². The van der Waals surface area contributed by atoms with Gasteiger partial charge in [0.1, 0.15) is 17.3 Å². The highest BCUT2D eigenvalue weighted by atomic mass is 16.5. The number of amides is 1. The minimum Gasteiger partial charge on any atom is -0.496 e. The zero-order valence-corrected chi connectivity index (χ0v) is 16.6. The molecule has 29 heavy (non-hydrogen) atoms. The Balaban J connectivity index is 1.40. The topological polar surface area (TPSA) is 67.3 Å². The van der Waals surface area contributed by atoms with Crippen molar-refractivity contribution >= 4 is 17.4 Å². The number of aromatic nitrogens is 2. The standard InChI is InChI=1S/C23H24N4O2/c1-16-13-18-8-3-5-9-20(18)27(16)23(28)19-14-26-22(15-25-19)24-12-11-17-7-4-6-10-21(17)29-2/h3-10,14-16H,11-13H2,1-2H3,(H,24,26). The smallest absolute Gasteiger partial charge is 0.278 e. The Morgan fingerprint density at radius 1 is 1.14 bits per heavy atom. The lowest BCUT2D eigenvalue weighted by atomic mass is 10.1. The number of methoxy groups -OCH3 is 1. The van der Waals surface area contributed by atoms with Gasteiger partial charge in [0.2, 0.25) is 0 Å². The van der Waals surface area contributed by atoms with E-state index in [4.69, 9.17) is 4.74 Å². The second kappa shape index (κ2) is 8.31. The molecule has 6 nitrogen and oxygen atoms in total. The molecule has 2 heterocycles. The molecule has 1 amide bonds. The third-order valence-corrected chi connectivity index (χ3v) is 5.19. The molecule has 1 aliphatic heterocycles. The molecule has 0 saturated heterocycles. The van der Waals surface area contributed by atoms with Gasteiger partial charge in [-0.15, -0.1) is 0 Å². The van der Waals surface area contributed by atoms with Crippen LogP contribution in [0, 0.1) is 0 Å². The van der Waals surface area contributed by atoms with E-state index in [9.17, 15) is 4.79 Å². The van der Waals surface area contributed by atoms with Crippen LogP contribution >= 0.6 is 0 Å². The van der Waals surface area contributed by atoms with E-state index in [0.29, 0.717) is 18.1 Å². The van der Waals surface area contributed by atoms with E-state index >= 15 is 0 Å². The molecule has 4 rings (SSSR count). The maximum Gasteiger partial charge on any atom is 0.278 e. The number of anilines is 2. The van der Waals surface area contributed by atoms with Crippen molar-refractivity contribution < 1.29 is 9.53 Å². The summed E-state index contributed by atoms with van der Waals surface area (Å²) in [6.07, 6.45) is 4.82. The van der Waals surface area contributed by atoms with Gasteiger partial charge in [-0.3, -0.25) is 4.79 Å². The second-order valence-electron chi connectivity index (χ2n) is 7.13. The maximum absolute atomic E-state index is 13.0. The highest BCUT2D eigenvalue weighted by Crippen LogP contribution is 2.32. The van der Waals surface area contributed by atoms with E-state index in [1.54, 1.807) is 19.5 Å². The summed E-state index contributed by atoms with van der Waals surface area (Å²) in [6.45, 7) is 2.75. The van der Waals surface area contributed by atoms with Crippen molar-refractivity contribution in [1.82, 2.24) is 9.97 Å². The van der Waals surface area contributed by atoms with Crippen LogP contribution in [-0.4, -0.2) is 35.6 Å². The molecule has 1 aliphatic rings. The van der Waals surface area contributed by atoms with Gasteiger partial charge in [-0.1, -0.05) is 36.4 Å². The van der Waals surface area contributed by atoms with Crippen LogP contribution in [0.25, 0.3) is 0 Å². The molecule has 1 N–H and O–H groups in total. The van der Waals surface area contributed by atoms with Crippen molar-refractivity contribution in [2.45, 2.75) is 25.8 Å². The highest BCUT2D eigenvalue weighted by molar-refractivity contribution is 6.06. The second-order valence-corrected chi connectivity index (χ2v) is 7.13. The fourth-order valence-corrected chi connectivity index (χ4v) is 3.76. The molecule has 6 heteroatoms. The van der Waals surface area contributed by atoms with Crippen molar-refractivity contribution in [2.75, 3.05) is 23.9 Å². The summed E-state index contributed by atoms with van der Waals surface area (Å²) in [6, 6.07) is 16.1. The third-order valence-electron chi connectivity index (χ3n) is 5.19. The number of carbonyl (C=O) groups excluding carboxylic acids is 1. The average Bonchev–Trinajstić information content (AvgIpc) is 3.09. The molecular weight excluding hydrogens is 364 g/mol. The number of rotatable bonds is 6. The summed E-state index contributed by atoms with van der Waals surface area (Å²) in [4.78, 5) is 23.5. The first kappa shape index (κ1) is 18.9. The Bertz CT molecular complexity index is 1000. The molecule has 0 spiro atoms. The lowest BCUT2D eigenvalue weighted by Crippen LogP contribution is -2.36. The van der Waals surface area contributed by atoms with Gasteiger partial charge < -0.3 is 15.0 Å². The van der Waals surface area contributed by atoms with Gasteiger partial charge in [-0.05, 0) is 43.0 Å². The van der Waals surface area contributed by atoms with E-state index in [2.05, 4.69) is 28.3 Å². The predicted octanol–water partition coefficient (Wildman–Crippen LogP) is 3.73. The van der Waals surface area contributed by atoms with Crippen LogP contribution in [0.2, 0.25) is 0 Å². The van der Waals surface area contributed by atoms with Crippen molar-refractivity contribution in [3.05, 3.63) is 77.7 Å². The van der Waals surface area contributed by atoms with Crippen LogP contribution < -0.4 is 15.0 Å². The lowest BCUT2D eigenvalue weighted by Gasteiger charge is -2.22. The van der Waals surface area contributed by atoms with Gasteiger partial charge in [0.05, 0.1) is 19.5 Å². The summed E-state index contributed by atoms with van der Waals surface area (Å²) >= 11 is 0. The van der Waals surface area contributed by atoms with Gasteiger partial charge in [0, 0.05) is 18.3 Å². The predicted molar refractivity (Wildman–Crippen MR) is 114 cm³/mol. The van der Waals surface area contributed by atoms with E-state index in [1.807, 2.05) is 47.4 Å². The summed E-state index contributed by atoms with van der Waals surface area (Å²) in [5, 5.41) is 3.25. The SMILES string of the molecule is COc1ccccc1CCNc1cnc(C(=O)N2c3ccccc3CC2C)cn1. The molecule has 0 fully saturated rings. The molecule has 148 valence electrons. The molecule has 0 saturated carbocycles. The summed E-state index contributed by atoms with van der Waals surface area (Å²) in [7, 11) is 1.67. The van der Waals surface area contributed by atoms with Crippen molar-refractivity contribution in [3.8, 4) is 5.75 Å². The number of ether oxygens (including phenoxy) is 1. The highest BCUT2D eigenvalue weighted by Gasteiger charge is 2.31. The largest absolute Gasteiger partial charge is 0.496 e. The minimum atomic E-state index is -0.115. The molecule has 0 aliphatic carbocycles. The number of carbonyl (C=O) groups is 1. The number of hydrogen-bond donors (Lipinski definition) is 1. The fourth-order valence-electron chi connectivity index (χ4n) is 3.76. The van der Waals surface area contributed by atoms with Crippen LogP contribution in [0.5, 0.6) is 5.75 Å². The number of nitrogens with one attached hydrogen (secondary N) is 1. The van der Waals surface area contributed by atoms with Gasteiger partial charge in [0.25, 0.3) is 5.91 Å². The molecule has 2 aromatic carbocycles. The Labute approximate surface area is 170 Å². The van der Waals surface area contributed by atoms with Gasteiger partial charge in [-0.2, -0.15) is 0 Å². The van der Waals surface area contributed by atoms with E-state index in [1.165, 1.54) is 5.56 Å². The molecule has 1 unspecified atom stereocenters. The van der Waals surface area contributed by atoms with E-state index in [0.717, 1.165) is 29.8 Å². The quantitative estimate of drug-likeness (QED) is 0.697. The van der Waals surface area contributed by atoms with Crippen LogP contribution in [0.1, 0.15) is 28.5 Å². The van der Waals surface area contributed by atoms with Crippen molar-refractivity contribution in [3.63, 3.8) is 0 Å². The monoisotopic (exact) mass is 388 g/mol. The van der Waals surface area contributed by atoms with Crippen LogP contribution in [0.15, 0.2) is 60.9 Å². The zero-order valence-electron chi connectivity index (χ0n) is 16.6. The van der Waals surface area contributed by atoms with Gasteiger partial charge >= 0.3 is 0 Å². The van der Waals surface area contributed by atoms with Gasteiger partial charge in [-0.25, -0.2) is 9.97 Å².